The van der Waals surface area contributed by atoms with Crippen LogP contribution in [0, 0.1) is 0 Å². The van der Waals surface area contributed by atoms with Crippen LogP contribution in [0.3, 0.4) is 0 Å². The number of H-pyrrole nitrogens is 1. The van der Waals surface area contributed by atoms with Gasteiger partial charge in [0.25, 0.3) is 5.91 Å². The van der Waals surface area contributed by atoms with E-state index in [0.29, 0.717) is 38.3 Å². The lowest BCUT2D eigenvalue weighted by Crippen LogP contribution is -2.34. The second kappa shape index (κ2) is 7.50. The minimum atomic E-state index is -0.358. The van der Waals surface area contributed by atoms with E-state index >= 15 is 0 Å². The molecule has 106 valence electrons. The lowest BCUT2D eigenvalue weighted by Gasteiger charge is -2.18. The summed E-state index contributed by atoms with van der Waals surface area (Å²) in [5, 5.41) is 9.12. The third-order valence-electron chi connectivity index (χ3n) is 2.81. The van der Waals surface area contributed by atoms with Crippen molar-refractivity contribution in [2.24, 2.45) is 0 Å². The molecular formula is C12H21N5O2. The van der Waals surface area contributed by atoms with Crippen molar-refractivity contribution in [3.05, 3.63) is 11.6 Å². The molecule has 0 radical (unpaired) electrons. The van der Waals surface area contributed by atoms with Crippen LogP contribution in [0.15, 0.2) is 0 Å². The van der Waals surface area contributed by atoms with Gasteiger partial charge in [-0.25, -0.2) is 4.98 Å². The number of hydrogen-bond donors (Lipinski definition) is 2. The maximum absolute atomic E-state index is 11.7. The molecule has 0 aliphatic rings. The maximum Gasteiger partial charge on any atom is 0.290 e. The number of nitrogens with one attached hydrogen (secondary N) is 2. The van der Waals surface area contributed by atoms with Crippen molar-refractivity contribution in [3.8, 4) is 0 Å². The summed E-state index contributed by atoms with van der Waals surface area (Å²) in [7, 11) is 0. The van der Waals surface area contributed by atoms with Crippen LogP contribution in [0.2, 0.25) is 0 Å². The summed E-state index contributed by atoms with van der Waals surface area (Å²) in [5.74, 6) is 0.467. The van der Waals surface area contributed by atoms with Crippen molar-refractivity contribution in [3.63, 3.8) is 0 Å². The van der Waals surface area contributed by atoms with Crippen molar-refractivity contribution in [2.45, 2.75) is 33.6 Å². The molecule has 1 aromatic heterocycles. The van der Waals surface area contributed by atoms with Crippen LogP contribution in [-0.4, -0.2) is 51.5 Å². The lowest BCUT2D eigenvalue weighted by atomic mass is 10.3. The second-order valence-electron chi connectivity index (χ2n) is 4.03. The number of rotatable bonds is 7. The van der Waals surface area contributed by atoms with E-state index in [4.69, 9.17) is 0 Å². The molecule has 1 rings (SSSR count). The molecule has 0 saturated heterocycles. The van der Waals surface area contributed by atoms with Gasteiger partial charge >= 0.3 is 0 Å². The van der Waals surface area contributed by atoms with E-state index in [9.17, 15) is 9.59 Å². The predicted octanol–water partition coefficient (Wildman–Crippen LogP) is 0.355. The Morgan fingerprint density at radius 1 is 1.26 bits per heavy atom. The maximum atomic E-state index is 11.7. The molecule has 19 heavy (non-hydrogen) atoms. The number of aryl methyl sites for hydroxylation is 1. The Kier molecular flexibility index (Phi) is 5.98. The summed E-state index contributed by atoms with van der Waals surface area (Å²) < 4.78 is 0. The molecular weight excluding hydrogens is 246 g/mol. The van der Waals surface area contributed by atoms with Gasteiger partial charge in [-0.1, -0.05) is 6.92 Å². The average molecular weight is 267 g/mol. The van der Waals surface area contributed by atoms with Crippen molar-refractivity contribution in [1.29, 1.82) is 0 Å². The standard InChI is InChI=1S/C12H21N5O2/c1-4-9-14-11(16-15-9)12(19)13-8-7-10(18)17(5-2)6-3/h4-8H2,1-3H3,(H,13,19)(H,14,15,16). The normalized spacial score (nSPS) is 10.3. The third-order valence-corrected chi connectivity index (χ3v) is 2.81. The van der Waals surface area contributed by atoms with E-state index < -0.39 is 0 Å². The zero-order valence-corrected chi connectivity index (χ0v) is 11.7. The summed E-state index contributed by atoms with van der Waals surface area (Å²) in [6.07, 6.45) is 0.985. The molecule has 0 atom stereocenters. The Balaban J connectivity index is 2.36. The predicted molar refractivity (Wildman–Crippen MR) is 70.6 cm³/mol. The second-order valence-corrected chi connectivity index (χ2v) is 4.03. The van der Waals surface area contributed by atoms with Crippen LogP contribution in [-0.2, 0) is 11.2 Å². The van der Waals surface area contributed by atoms with Crippen LogP contribution >= 0.6 is 0 Å². The van der Waals surface area contributed by atoms with Gasteiger partial charge in [-0.05, 0) is 13.8 Å². The highest BCUT2D eigenvalue weighted by Gasteiger charge is 2.13. The van der Waals surface area contributed by atoms with Gasteiger partial charge in [0.15, 0.2) is 0 Å². The van der Waals surface area contributed by atoms with Crippen LogP contribution in [0.25, 0.3) is 0 Å². The van der Waals surface area contributed by atoms with Crippen molar-refractivity contribution < 1.29 is 9.59 Å². The Morgan fingerprint density at radius 3 is 2.47 bits per heavy atom. The highest BCUT2D eigenvalue weighted by molar-refractivity contribution is 5.90. The molecule has 0 saturated carbocycles. The van der Waals surface area contributed by atoms with Gasteiger partial charge in [0, 0.05) is 32.5 Å². The van der Waals surface area contributed by atoms with Crippen LogP contribution < -0.4 is 5.32 Å². The number of amides is 2. The number of aromatic nitrogens is 3. The molecule has 1 aromatic rings. The first kappa shape index (κ1) is 15.1. The van der Waals surface area contributed by atoms with Gasteiger partial charge in [-0.3, -0.25) is 14.7 Å². The minimum absolute atomic E-state index is 0.0366. The highest BCUT2D eigenvalue weighted by atomic mass is 16.2. The van der Waals surface area contributed by atoms with Crippen molar-refractivity contribution in [1.82, 2.24) is 25.4 Å². The fourth-order valence-corrected chi connectivity index (χ4v) is 1.65. The van der Waals surface area contributed by atoms with E-state index in [1.165, 1.54) is 0 Å². The molecule has 7 nitrogen and oxygen atoms in total. The summed E-state index contributed by atoms with van der Waals surface area (Å²) in [6.45, 7) is 7.45. The molecule has 2 N–H and O–H groups in total. The van der Waals surface area contributed by atoms with Gasteiger partial charge < -0.3 is 10.2 Å². The van der Waals surface area contributed by atoms with Gasteiger partial charge in [0.05, 0.1) is 0 Å². The Hall–Kier alpha value is -1.92. The first-order valence-electron chi connectivity index (χ1n) is 6.59. The fraction of sp³-hybridized carbons (Fsp3) is 0.667. The summed E-state index contributed by atoms with van der Waals surface area (Å²) >= 11 is 0. The molecule has 0 aliphatic heterocycles. The van der Waals surface area contributed by atoms with Crippen molar-refractivity contribution >= 4 is 11.8 Å². The Morgan fingerprint density at radius 2 is 1.95 bits per heavy atom. The summed E-state index contributed by atoms with van der Waals surface area (Å²) in [6, 6.07) is 0. The number of carbonyl (C=O) groups is 2. The van der Waals surface area contributed by atoms with E-state index in [-0.39, 0.29) is 17.6 Å². The summed E-state index contributed by atoms with van der Waals surface area (Å²) in [4.78, 5) is 29.1. The zero-order valence-electron chi connectivity index (χ0n) is 11.7. The van der Waals surface area contributed by atoms with E-state index in [2.05, 4.69) is 20.5 Å². The number of carbonyl (C=O) groups excluding carboxylic acids is 2. The van der Waals surface area contributed by atoms with Gasteiger partial charge in [0.1, 0.15) is 5.82 Å². The SMILES string of the molecule is CCc1nc(C(=O)NCCC(=O)N(CC)CC)n[nH]1. The third kappa shape index (κ3) is 4.35. The van der Waals surface area contributed by atoms with Gasteiger partial charge in [0.2, 0.25) is 11.7 Å². The van der Waals surface area contributed by atoms with Gasteiger partial charge in [-0.2, -0.15) is 0 Å². The minimum Gasteiger partial charge on any atom is -0.349 e. The molecule has 1 heterocycles. The topological polar surface area (TPSA) is 91.0 Å². The molecule has 0 spiro atoms. The highest BCUT2D eigenvalue weighted by Crippen LogP contribution is 1.95. The number of aromatic amines is 1. The molecule has 0 aliphatic carbocycles. The Labute approximate surface area is 112 Å². The summed E-state index contributed by atoms with van der Waals surface area (Å²) in [5.41, 5.74) is 0. The van der Waals surface area contributed by atoms with E-state index in [1.807, 2.05) is 20.8 Å². The van der Waals surface area contributed by atoms with E-state index in [1.54, 1.807) is 4.90 Å². The van der Waals surface area contributed by atoms with E-state index in [0.717, 1.165) is 0 Å². The zero-order chi connectivity index (χ0) is 14.3. The number of nitrogens with zero attached hydrogens (tertiary/aromatic N) is 3. The number of hydrogen-bond acceptors (Lipinski definition) is 4. The largest absolute Gasteiger partial charge is 0.349 e. The smallest absolute Gasteiger partial charge is 0.290 e. The fourth-order valence-electron chi connectivity index (χ4n) is 1.65. The van der Waals surface area contributed by atoms with Gasteiger partial charge in [-0.15, -0.1) is 5.10 Å². The monoisotopic (exact) mass is 267 g/mol. The van der Waals surface area contributed by atoms with Crippen LogP contribution in [0.1, 0.15) is 43.6 Å². The lowest BCUT2D eigenvalue weighted by molar-refractivity contribution is -0.130. The average Bonchev–Trinajstić information content (AvgIpc) is 2.89. The molecule has 0 unspecified atom stereocenters. The first-order valence-corrected chi connectivity index (χ1v) is 6.59. The van der Waals surface area contributed by atoms with Crippen LogP contribution in [0.5, 0.6) is 0 Å². The van der Waals surface area contributed by atoms with Crippen LogP contribution in [0.4, 0.5) is 0 Å². The molecule has 7 heteroatoms. The Bertz CT molecular complexity index is 426. The quantitative estimate of drug-likeness (QED) is 0.746. The molecule has 0 bridgehead atoms. The molecule has 2 amide bonds. The first-order chi connectivity index (χ1) is 9.12. The van der Waals surface area contributed by atoms with Crippen molar-refractivity contribution in [2.75, 3.05) is 19.6 Å². The molecule has 0 aromatic carbocycles. The molecule has 0 fully saturated rings.